The van der Waals surface area contributed by atoms with Gasteiger partial charge in [-0.3, -0.25) is 14.6 Å². The van der Waals surface area contributed by atoms with Gasteiger partial charge in [-0.15, -0.1) is 0 Å². The average Bonchev–Trinajstić information content (AvgIpc) is 2.36. The molecule has 0 saturated carbocycles. The minimum atomic E-state index is -0.120. The van der Waals surface area contributed by atoms with E-state index in [9.17, 15) is 4.79 Å². The van der Waals surface area contributed by atoms with Gasteiger partial charge >= 0.3 is 0 Å². The number of fused-ring (bicyclic) bond motifs is 3. The third-order valence-corrected chi connectivity index (χ3v) is 3.80. The van der Waals surface area contributed by atoms with Crippen LogP contribution >= 0.6 is 0 Å². The van der Waals surface area contributed by atoms with Crippen molar-refractivity contribution in [3.05, 3.63) is 21.7 Å². The first kappa shape index (κ1) is 10.7. The molecule has 0 spiro atoms. The maximum Gasteiger partial charge on any atom is 0.255 e. The van der Waals surface area contributed by atoms with Crippen molar-refractivity contribution < 1.29 is 0 Å². The van der Waals surface area contributed by atoms with Gasteiger partial charge in [0.25, 0.3) is 5.56 Å². The molecule has 1 atom stereocenters. The number of hydrogen-bond donors (Lipinski definition) is 2. The SMILES string of the molecule is Cc1c(N)nc(C2CN3CCN2CC3)[nH]c1=O. The van der Waals surface area contributed by atoms with E-state index in [0.29, 0.717) is 17.2 Å². The zero-order chi connectivity index (χ0) is 12.0. The number of H-pyrrole nitrogens is 1. The first-order chi connectivity index (χ1) is 8.15. The molecular weight excluding hydrogens is 218 g/mol. The maximum absolute atomic E-state index is 11.7. The molecule has 17 heavy (non-hydrogen) atoms. The monoisotopic (exact) mass is 235 g/mol. The Morgan fingerprint density at radius 2 is 2.06 bits per heavy atom. The summed E-state index contributed by atoms with van der Waals surface area (Å²) in [6.07, 6.45) is 0. The number of anilines is 1. The smallest absolute Gasteiger partial charge is 0.255 e. The van der Waals surface area contributed by atoms with Crippen LogP contribution in [0.15, 0.2) is 4.79 Å². The summed E-state index contributed by atoms with van der Waals surface area (Å²) in [5.74, 6) is 1.06. The number of piperazine rings is 3. The largest absolute Gasteiger partial charge is 0.383 e. The van der Waals surface area contributed by atoms with Crippen LogP contribution < -0.4 is 11.3 Å². The fourth-order valence-corrected chi connectivity index (χ4v) is 2.60. The predicted molar refractivity (Wildman–Crippen MR) is 64.8 cm³/mol. The highest BCUT2D eigenvalue weighted by Gasteiger charge is 2.34. The van der Waals surface area contributed by atoms with Gasteiger partial charge in [-0.25, -0.2) is 4.98 Å². The first-order valence-corrected chi connectivity index (χ1v) is 5.98. The summed E-state index contributed by atoms with van der Waals surface area (Å²) in [4.78, 5) is 23.7. The number of aromatic nitrogens is 2. The Morgan fingerprint density at radius 3 is 2.59 bits per heavy atom. The molecule has 0 aliphatic carbocycles. The molecule has 0 aromatic carbocycles. The highest BCUT2D eigenvalue weighted by molar-refractivity contribution is 5.36. The summed E-state index contributed by atoms with van der Waals surface area (Å²) in [5.41, 5.74) is 6.15. The highest BCUT2D eigenvalue weighted by atomic mass is 16.1. The molecule has 1 unspecified atom stereocenters. The Kier molecular flexibility index (Phi) is 2.41. The molecule has 0 amide bonds. The van der Waals surface area contributed by atoms with Crippen LogP contribution in [0.1, 0.15) is 17.4 Å². The van der Waals surface area contributed by atoms with E-state index in [1.807, 2.05) is 0 Å². The summed E-state index contributed by atoms with van der Waals surface area (Å²) >= 11 is 0. The lowest BCUT2D eigenvalue weighted by Crippen LogP contribution is -2.57. The average molecular weight is 235 g/mol. The molecule has 4 heterocycles. The normalized spacial score (nSPS) is 31.7. The van der Waals surface area contributed by atoms with Crippen LogP contribution in [-0.4, -0.2) is 52.5 Å². The molecule has 3 saturated heterocycles. The number of nitrogen functional groups attached to an aromatic ring is 1. The van der Waals surface area contributed by atoms with Crippen molar-refractivity contribution in [1.29, 1.82) is 0 Å². The molecule has 3 aliphatic rings. The predicted octanol–water partition coefficient (Wildman–Crippen LogP) is -0.667. The molecule has 6 heteroatoms. The number of hydrogen-bond acceptors (Lipinski definition) is 5. The van der Waals surface area contributed by atoms with Gasteiger partial charge in [0.15, 0.2) is 0 Å². The topological polar surface area (TPSA) is 78.2 Å². The second-order valence-corrected chi connectivity index (χ2v) is 4.81. The molecular formula is C11H17N5O. The number of nitrogens with two attached hydrogens (primary N) is 1. The zero-order valence-corrected chi connectivity index (χ0v) is 9.94. The summed E-state index contributed by atoms with van der Waals surface area (Å²) in [6, 6.07) is 0.188. The van der Waals surface area contributed by atoms with Crippen LogP contribution in [0, 0.1) is 6.92 Å². The standard InChI is InChI=1S/C11H17N5O/c1-7-9(12)13-10(14-11(7)17)8-6-15-2-4-16(8)5-3-15/h8H,2-6H2,1H3,(H3,12,13,14,17). The third-order valence-electron chi connectivity index (χ3n) is 3.80. The van der Waals surface area contributed by atoms with Gasteiger partial charge in [0.2, 0.25) is 0 Å². The van der Waals surface area contributed by atoms with Crippen molar-refractivity contribution in [1.82, 2.24) is 19.8 Å². The van der Waals surface area contributed by atoms with Crippen LogP contribution in [0.5, 0.6) is 0 Å². The minimum Gasteiger partial charge on any atom is -0.383 e. The van der Waals surface area contributed by atoms with Gasteiger partial charge in [0.05, 0.1) is 11.6 Å². The lowest BCUT2D eigenvalue weighted by Gasteiger charge is -2.46. The van der Waals surface area contributed by atoms with Gasteiger partial charge < -0.3 is 10.7 Å². The molecule has 3 fully saturated rings. The molecule has 6 nitrogen and oxygen atoms in total. The van der Waals surface area contributed by atoms with Gasteiger partial charge in [-0.05, 0) is 6.92 Å². The summed E-state index contributed by atoms with van der Waals surface area (Å²) < 4.78 is 0. The third kappa shape index (κ3) is 1.73. The van der Waals surface area contributed by atoms with Crippen molar-refractivity contribution in [3.63, 3.8) is 0 Å². The number of rotatable bonds is 1. The van der Waals surface area contributed by atoms with Crippen LogP contribution in [-0.2, 0) is 0 Å². The molecule has 1 aromatic rings. The van der Waals surface area contributed by atoms with Crippen LogP contribution in [0.4, 0.5) is 5.82 Å². The zero-order valence-electron chi connectivity index (χ0n) is 9.94. The van der Waals surface area contributed by atoms with Crippen molar-refractivity contribution in [2.75, 3.05) is 38.5 Å². The number of nitrogens with zero attached hydrogens (tertiary/aromatic N) is 3. The van der Waals surface area contributed by atoms with Crippen molar-refractivity contribution in [2.24, 2.45) is 0 Å². The molecule has 92 valence electrons. The van der Waals surface area contributed by atoms with E-state index in [2.05, 4.69) is 19.8 Å². The number of aromatic amines is 1. The Labute approximate surface area is 99.4 Å². The Balaban J connectivity index is 1.97. The van der Waals surface area contributed by atoms with E-state index < -0.39 is 0 Å². The molecule has 2 bridgehead atoms. The van der Waals surface area contributed by atoms with E-state index in [-0.39, 0.29) is 11.6 Å². The van der Waals surface area contributed by atoms with Gasteiger partial charge in [0, 0.05) is 32.7 Å². The lowest BCUT2D eigenvalue weighted by molar-refractivity contribution is 0.00860. The fraction of sp³-hybridized carbons (Fsp3) is 0.636. The van der Waals surface area contributed by atoms with Gasteiger partial charge in [0.1, 0.15) is 11.6 Å². The minimum absolute atomic E-state index is 0.120. The van der Waals surface area contributed by atoms with Crippen molar-refractivity contribution in [3.8, 4) is 0 Å². The highest BCUT2D eigenvalue weighted by Crippen LogP contribution is 2.26. The lowest BCUT2D eigenvalue weighted by atomic mass is 10.1. The molecule has 1 aromatic heterocycles. The van der Waals surface area contributed by atoms with E-state index in [4.69, 9.17) is 5.73 Å². The number of nitrogens with one attached hydrogen (secondary N) is 1. The Bertz CT molecular complexity index is 489. The quantitative estimate of drug-likeness (QED) is 0.675. The summed E-state index contributed by atoms with van der Waals surface area (Å²) in [5, 5.41) is 0. The van der Waals surface area contributed by atoms with Crippen LogP contribution in [0.2, 0.25) is 0 Å². The Hall–Kier alpha value is -1.40. The van der Waals surface area contributed by atoms with E-state index in [1.54, 1.807) is 6.92 Å². The second-order valence-electron chi connectivity index (χ2n) is 4.81. The summed E-state index contributed by atoms with van der Waals surface area (Å²) in [6.45, 7) is 6.95. The van der Waals surface area contributed by atoms with E-state index in [0.717, 1.165) is 32.7 Å². The first-order valence-electron chi connectivity index (χ1n) is 5.98. The summed E-state index contributed by atoms with van der Waals surface area (Å²) in [7, 11) is 0. The molecule has 0 radical (unpaired) electrons. The second kappa shape index (κ2) is 3.82. The van der Waals surface area contributed by atoms with Crippen LogP contribution in [0.25, 0.3) is 0 Å². The van der Waals surface area contributed by atoms with Crippen molar-refractivity contribution >= 4 is 5.82 Å². The van der Waals surface area contributed by atoms with Gasteiger partial charge in [-0.2, -0.15) is 0 Å². The van der Waals surface area contributed by atoms with E-state index in [1.165, 1.54) is 0 Å². The molecule has 3 aliphatic heterocycles. The van der Waals surface area contributed by atoms with Crippen molar-refractivity contribution in [2.45, 2.75) is 13.0 Å². The Morgan fingerprint density at radius 1 is 1.35 bits per heavy atom. The van der Waals surface area contributed by atoms with E-state index >= 15 is 0 Å². The van der Waals surface area contributed by atoms with Gasteiger partial charge in [-0.1, -0.05) is 0 Å². The molecule has 4 rings (SSSR count). The fourth-order valence-electron chi connectivity index (χ4n) is 2.60. The maximum atomic E-state index is 11.7. The van der Waals surface area contributed by atoms with Crippen LogP contribution in [0.3, 0.4) is 0 Å². The molecule has 3 N–H and O–H groups in total.